The second-order valence-electron chi connectivity index (χ2n) is 5.73. The van der Waals surface area contributed by atoms with Gasteiger partial charge >= 0.3 is 17.9 Å². The number of nitrogens with zero attached hydrogens (tertiary/aromatic N) is 1. The minimum atomic E-state index is -1.47. The number of likely N-dealkylation sites (tertiary alicyclic amines) is 1. The molecule has 1 saturated heterocycles. The zero-order chi connectivity index (χ0) is 19.1. The molecule has 1 fully saturated rings. The number of carboxylic acids is 3. The number of hydrogen-bond acceptors (Lipinski definition) is 6. The van der Waals surface area contributed by atoms with Crippen LogP contribution in [0.25, 0.3) is 0 Å². The Morgan fingerprint density at radius 3 is 2.28 bits per heavy atom. The van der Waals surface area contributed by atoms with Gasteiger partial charge in [-0.05, 0) is 19.3 Å². The molecule has 2 amide bonds. The first-order valence-corrected chi connectivity index (χ1v) is 7.66. The summed E-state index contributed by atoms with van der Waals surface area (Å²) in [4.78, 5) is 58.1. The lowest BCUT2D eigenvalue weighted by Crippen LogP contribution is -2.55. The summed E-state index contributed by atoms with van der Waals surface area (Å²) in [5, 5.41) is 28.8. The van der Waals surface area contributed by atoms with Crippen LogP contribution in [0.2, 0.25) is 0 Å². The highest BCUT2D eigenvalue weighted by atomic mass is 16.4. The van der Waals surface area contributed by atoms with Gasteiger partial charge in [-0.2, -0.15) is 0 Å². The van der Waals surface area contributed by atoms with E-state index in [1.807, 2.05) is 0 Å². The van der Waals surface area contributed by atoms with Crippen molar-refractivity contribution >= 4 is 29.7 Å². The number of amides is 2. The van der Waals surface area contributed by atoms with Crippen LogP contribution < -0.4 is 11.1 Å². The van der Waals surface area contributed by atoms with Crippen molar-refractivity contribution in [3.05, 3.63) is 0 Å². The van der Waals surface area contributed by atoms with Crippen molar-refractivity contribution in [2.75, 3.05) is 6.54 Å². The van der Waals surface area contributed by atoms with Crippen LogP contribution in [0, 0.1) is 0 Å². The van der Waals surface area contributed by atoms with Gasteiger partial charge in [0.1, 0.15) is 12.1 Å². The minimum Gasteiger partial charge on any atom is -0.481 e. The van der Waals surface area contributed by atoms with Crippen LogP contribution in [0.4, 0.5) is 0 Å². The molecule has 3 atom stereocenters. The molecule has 0 radical (unpaired) electrons. The van der Waals surface area contributed by atoms with Gasteiger partial charge in [0, 0.05) is 13.0 Å². The summed E-state index contributed by atoms with van der Waals surface area (Å²) in [7, 11) is 0. The predicted octanol–water partition coefficient (Wildman–Crippen LogP) is -1.79. The fourth-order valence-electron chi connectivity index (χ4n) is 2.55. The Kier molecular flexibility index (Phi) is 7.30. The highest BCUT2D eigenvalue weighted by Gasteiger charge is 2.38. The first-order chi connectivity index (χ1) is 11.6. The molecular formula is C14H21N3O8. The maximum atomic E-state index is 12.5. The quantitative estimate of drug-likeness (QED) is 0.317. The van der Waals surface area contributed by atoms with Gasteiger partial charge in [0.2, 0.25) is 11.8 Å². The van der Waals surface area contributed by atoms with Gasteiger partial charge < -0.3 is 31.3 Å². The molecule has 0 unspecified atom stereocenters. The molecule has 1 aliphatic heterocycles. The Hall–Kier alpha value is -2.69. The van der Waals surface area contributed by atoms with Crippen molar-refractivity contribution in [1.82, 2.24) is 10.2 Å². The summed E-state index contributed by atoms with van der Waals surface area (Å²) < 4.78 is 0. The Bertz CT molecular complexity index is 564. The van der Waals surface area contributed by atoms with E-state index in [1.54, 1.807) is 0 Å². The number of carboxylic acid groups (broad SMARTS) is 3. The summed E-state index contributed by atoms with van der Waals surface area (Å²) in [6.45, 7) is 0.146. The number of carbonyl (C=O) groups is 5. The largest absolute Gasteiger partial charge is 0.481 e. The number of nitrogens with one attached hydrogen (secondary N) is 1. The smallest absolute Gasteiger partial charge is 0.326 e. The van der Waals surface area contributed by atoms with Gasteiger partial charge in [-0.15, -0.1) is 0 Å². The summed E-state index contributed by atoms with van der Waals surface area (Å²) >= 11 is 0. The molecule has 11 nitrogen and oxygen atoms in total. The summed E-state index contributed by atoms with van der Waals surface area (Å²) in [6.07, 6.45) is -0.587. The second-order valence-corrected chi connectivity index (χ2v) is 5.73. The van der Waals surface area contributed by atoms with Gasteiger partial charge in [-0.1, -0.05) is 0 Å². The molecule has 0 spiro atoms. The van der Waals surface area contributed by atoms with Crippen LogP contribution in [0.3, 0.4) is 0 Å². The van der Waals surface area contributed by atoms with Crippen molar-refractivity contribution in [1.29, 1.82) is 0 Å². The number of carbonyl (C=O) groups excluding carboxylic acids is 2. The molecular weight excluding hydrogens is 338 g/mol. The SMILES string of the molecule is N[C@@H](CCC(=O)O)C(=O)N[C@@H](CC(=O)O)C(=O)N1CCC[C@H]1C(=O)O. The average molecular weight is 359 g/mol. The Balaban J connectivity index is 2.80. The third kappa shape index (κ3) is 6.03. The molecule has 0 bridgehead atoms. The molecule has 0 aromatic rings. The van der Waals surface area contributed by atoms with Gasteiger partial charge in [-0.25, -0.2) is 4.79 Å². The van der Waals surface area contributed by atoms with E-state index in [-0.39, 0.29) is 25.8 Å². The first kappa shape index (κ1) is 20.4. The van der Waals surface area contributed by atoms with E-state index in [1.165, 1.54) is 0 Å². The maximum absolute atomic E-state index is 12.5. The Morgan fingerprint density at radius 2 is 1.76 bits per heavy atom. The van der Waals surface area contributed by atoms with E-state index >= 15 is 0 Å². The zero-order valence-corrected chi connectivity index (χ0v) is 13.4. The number of hydrogen-bond donors (Lipinski definition) is 5. The van der Waals surface area contributed by atoms with Crippen LogP contribution in [0.15, 0.2) is 0 Å². The zero-order valence-electron chi connectivity index (χ0n) is 13.4. The molecule has 140 valence electrons. The molecule has 0 aromatic heterocycles. The van der Waals surface area contributed by atoms with Crippen molar-refractivity contribution in [2.45, 2.75) is 50.2 Å². The van der Waals surface area contributed by atoms with E-state index < -0.39 is 54.3 Å². The Morgan fingerprint density at radius 1 is 1.12 bits per heavy atom. The predicted molar refractivity (Wildman–Crippen MR) is 81.4 cm³/mol. The first-order valence-electron chi connectivity index (χ1n) is 7.66. The fourth-order valence-corrected chi connectivity index (χ4v) is 2.55. The number of nitrogens with two attached hydrogens (primary N) is 1. The molecule has 0 aromatic carbocycles. The second kappa shape index (κ2) is 8.97. The van der Waals surface area contributed by atoms with Crippen LogP contribution in [-0.2, 0) is 24.0 Å². The Labute approximate surface area is 142 Å². The van der Waals surface area contributed by atoms with Crippen molar-refractivity contribution in [3.8, 4) is 0 Å². The van der Waals surface area contributed by atoms with Crippen LogP contribution in [0.1, 0.15) is 32.1 Å². The summed E-state index contributed by atoms with van der Waals surface area (Å²) in [5.74, 6) is -5.39. The highest BCUT2D eigenvalue weighted by Crippen LogP contribution is 2.19. The maximum Gasteiger partial charge on any atom is 0.326 e. The normalized spacial score (nSPS) is 19.1. The van der Waals surface area contributed by atoms with Gasteiger partial charge in [0.05, 0.1) is 12.5 Å². The molecule has 1 aliphatic rings. The van der Waals surface area contributed by atoms with E-state index in [0.29, 0.717) is 6.42 Å². The van der Waals surface area contributed by atoms with Crippen molar-refractivity contribution in [2.24, 2.45) is 5.73 Å². The standard InChI is InChI=1S/C14H21N3O8/c15-7(3-4-10(18)19)12(22)16-8(6-11(20)21)13(23)17-5-1-2-9(17)14(24)25/h7-9H,1-6,15H2,(H,16,22)(H,18,19)(H,20,21)(H,24,25)/t7-,8-,9-/m0/s1. The van der Waals surface area contributed by atoms with Gasteiger partial charge in [-0.3, -0.25) is 19.2 Å². The van der Waals surface area contributed by atoms with E-state index in [2.05, 4.69) is 5.32 Å². The molecule has 0 saturated carbocycles. The minimum absolute atomic E-state index is 0.146. The molecule has 11 heteroatoms. The number of rotatable bonds is 9. The molecule has 25 heavy (non-hydrogen) atoms. The van der Waals surface area contributed by atoms with Crippen LogP contribution in [0.5, 0.6) is 0 Å². The highest BCUT2D eigenvalue weighted by molar-refractivity contribution is 5.94. The molecule has 6 N–H and O–H groups in total. The monoisotopic (exact) mass is 359 g/mol. The average Bonchev–Trinajstić information content (AvgIpc) is 3.00. The topological polar surface area (TPSA) is 187 Å². The molecule has 1 heterocycles. The molecule has 1 rings (SSSR count). The van der Waals surface area contributed by atoms with E-state index in [4.69, 9.17) is 21.1 Å². The lowest BCUT2D eigenvalue weighted by Gasteiger charge is -2.27. The third-order valence-corrected chi connectivity index (χ3v) is 3.82. The fraction of sp³-hybridized carbons (Fsp3) is 0.643. The summed E-state index contributed by atoms with van der Waals surface area (Å²) in [6, 6.07) is -3.77. The van der Waals surface area contributed by atoms with Gasteiger partial charge in [0.25, 0.3) is 0 Å². The van der Waals surface area contributed by atoms with Crippen molar-refractivity contribution < 1.29 is 39.3 Å². The van der Waals surface area contributed by atoms with Crippen LogP contribution in [-0.4, -0.2) is 74.6 Å². The lowest BCUT2D eigenvalue weighted by atomic mass is 10.1. The van der Waals surface area contributed by atoms with Gasteiger partial charge in [0.15, 0.2) is 0 Å². The summed E-state index contributed by atoms with van der Waals surface area (Å²) in [5.41, 5.74) is 5.53. The number of aliphatic carboxylic acids is 3. The van der Waals surface area contributed by atoms with Crippen LogP contribution >= 0.6 is 0 Å². The van der Waals surface area contributed by atoms with Crippen molar-refractivity contribution in [3.63, 3.8) is 0 Å². The van der Waals surface area contributed by atoms with E-state index in [9.17, 15) is 24.0 Å². The molecule has 0 aliphatic carbocycles. The third-order valence-electron chi connectivity index (χ3n) is 3.82. The van der Waals surface area contributed by atoms with E-state index in [0.717, 1.165) is 4.90 Å². The lowest BCUT2D eigenvalue weighted by molar-refractivity contribution is -0.150.